The van der Waals surface area contributed by atoms with Crippen LogP contribution in [0.15, 0.2) is 12.3 Å². The number of nitrogens with one attached hydrogen (secondary N) is 1. The highest BCUT2D eigenvalue weighted by atomic mass is 16.3. The molecule has 0 spiro atoms. The van der Waals surface area contributed by atoms with E-state index in [9.17, 15) is 5.11 Å². The Bertz CT molecular complexity index is 415. The van der Waals surface area contributed by atoms with Gasteiger partial charge in [0.1, 0.15) is 11.8 Å². The molecule has 1 heterocycles. The van der Waals surface area contributed by atoms with E-state index in [1.54, 1.807) is 12.3 Å². The van der Waals surface area contributed by atoms with Gasteiger partial charge in [0.2, 0.25) is 5.95 Å². The maximum atomic E-state index is 9.81. The molecule has 1 aliphatic rings. The molecular formula is C12H16N4O. The molecule has 1 aromatic heterocycles. The van der Waals surface area contributed by atoms with Crippen LogP contribution in [-0.2, 0) is 0 Å². The van der Waals surface area contributed by atoms with Gasteiger partial charge in [0.25, 0.3) is 0 Å². The van der Waals surface area contributed by atoms with E-state index in [4.69, 9.17) is 5.26 Å². The second-order valence-electron chi connectivity index (χ2n) is 4.37. The third kappa shape index (κ3) is 3.14. The molecule has 0 aromatic carbocycles. The zero-order chi connectivity index (χ0) is 12.1. The van der Waals surface area contributed by atoms with Crippen molar-refractivity contribution in [2.24, 2.45) is 5.92 Å². The summed E-state index contributed by atoms with van der Waals surface area (Å²) in [6.07, 6.45) is 5.53. The van der Waals surface area contributed by atoms with Crippen molar-refractivity contribution in [3.8, 4) is 6.07 Å². The number of rotatable bonds is 3. The van der Waals surface area contributed by atoms with Crippen LogP contribution in [0.5, 0.6) is 0 Å². The summed E-state index contributed by atoms with van der Waals surface area (Å²) in [4.78, 5) is 8.08. The number of nitriles is 1. The first-order valence-electron chi connectivity index (χ1n) is 5.94. The van der Waals surface area contributed by atoms with E-state index in [1.807, 2.05) is 6.07 Å². The average Bonchev–Trinajstić information content (AvgIpc) is 2.38. The van der Waals surface area contributed by atoms with E-state index in [0.717, 1.165) is 19.3 Å². The topological polar surface area (TPSA) is 81.8 Å². The van der Waals surface area contributed by atoms with Gasteiger partial charge in [-0.3, -0.25) is 0 Å². The van der Waals surface area contributed by atoms with Crippen LogP contribution in [0, 0.1) is 17.2 Å². The first kappa shape index (κ1) is 11.8. The van der Waals surface area contributed by atoms with Crippen molar-refractivity contribution >= 4 is 5.95 Å². The zero-order valence-electron chi connectivity index (χ0n) is 9.63. The Kier molecular flexibility index (Phi) is 3.89. The summed E-state index contributed by atoms with van der Waals surface area (Å²) >= 11 is 0. The summed E-state index contributed by atoms with van der Waals surface area (Å²) in [6.45, 7) is 0.663. The van der Waals surface area contributed by atoms with Crippen molar-refractivity contribution in [1.82, 2.24) is 9.97 Å². The maximum absolute atomic E-state index is 9.81. The van der Waals surface area contributed by atoms with Crippen LogP contribution in [0.1, 0.15) is 31.4 Å². The molecule has 0 radical (unpaired) electrons. The maximum Gasteiger partial charge on any atom is 0.223 e. The molecule has 17 heavy (non-hydrogen) atoms. The van der Waals surface area contributed by atoms with Crippen molar-refractivity contribution in [3.63, 3.8) is 0 Å². The molecule has 2 unspecified atom stereocenters. The SMILES string of the molecule is N#Cc1ccnc(NCC2CCCCC2O)n1. The van der Waals surface area contributed by atoms with Gasteiger partial charge < -0.3 is 10.4 Å². The number of aliphatic hydroxyl groups excluding tert-OH is 1. The molecule has 0 amide bonds. The lowest BCUT2D eigenvalue weighted by molar-refractivity contribution is 0.0762. The first-order valence-corrected chi connectivity index (χ1v) is 5.94. The fourth-order valence-electron chi connectivity index (χ4n) is 2.15. The number of nitrogens with zero attached hydrogens (tertiary/aromatic N) is 3. The predicted molar refractivity (Wildman–Crippen MR) is 63.2 cm³/mol. The Morgan fingerprint density at radius 2 is 2.29 bits per heavy atom. The quantitative estimate of drug-likeness (QED) is 0.821. The first-order chi connectivity index (χ1) is 8.29. The lowest BCUT2D eigenvalue weighted by Gasteiger charge is -2.27. The van der Waals surface area contributed by atoms with Crippen molar-refractivity contribution in [3.05, 3.63) is 18.0 Å². The van der Waals surface area contributed by atoms with Crippen LogP contribution in [0.25, 0.3) is 0 Å². The Hall–Kier alpha value is -1.67. The van der Waals surface area contributed by atoms with Gasteiger partial charge in [0.05, 0.1) is 6.10 Å². The average molecular weight is 232 g/mol. The third-order valence-corrected chi connectivity index (χ3v) is 3.16. The Labute approximate surface area is 101 Å². The number of anilines is 1. The van der Waals surface area contributed by atoms with Crippen molar-refractivity contribution in [2.75, 3.05) is 11.9 Å². The smallest absolute Gasteiger partial charge is 0.223 e. The molecule has 90 valence electrons. The van der Waals surface area contributed by atoms with Gasteiger partial charge in [-0.15, -0.1) is 0 Å². The Morgan fingerprint density at radius 1 is 1.47 bits per heavy atom. The monoisotopic (exact) mass is 232 g/mol. The fourth-order valence-corrected chi connectivity index (χ4v) is 2.15. The molecule has 1 fully saturated rings. The lowest BCUT2D eigenvalue weighted by Crippen LogP contribution is -2.30. The van der Waals surface area contributed by atoms with E-state index in [2.05, 4.69) is 15.3 Å². The van der Waals surface area contributed by atoms with Gasteiger partial charge in [-0.05, 0) is 18.9 Å². The van der Waals surface area contributed by atoms with E-state index >= 15 is 0 Å². The number of aromatic nitrogens is 2. The van der Waals surface area contributed by atoms with Gasteiger partial charge in [0.15, 0.2) is 0 Å². The van der Waals surface area contributed by atoms with Crippen LogP contribution in [-0.4, -0.2) is 27.7 Å². The zero-order valence-corrected chi connectivity index (χ0v) is 9.63. The summed E-state index contributed by atoms with van der Waals surface area (Å²) in [5, 5.41) is 21.6. The van der Waals surface area contributed by atoms with Gasteiger partial charge in [0, 0.05) is 18.7 Å². The molecule has 0 aliphatic heterocycles. The summed E-state index contributed by atoms with van der Waals surface area (Å²) in [5.41, 5.74) is 0.353. The Morgan fingerprint density at radius 3 is 3.06 bits per heavy atom. The van der Waals surface area contributed by atoms with E-state index in [1.165, 1.54) is 6.42 Å². The highest BCUT2D eigenvalue weighted by Gasteiger charge is 2.22. The standard InChI is InChI=1S/C12H16N4O/c13-7-10-5-6-14-12(16-10)15-8-9-3-1-2-4-11(9)17/h5-6,9,11,17H,1-4,8H2,(H,14,15,16). The molecule has 1 saturated carbocycles. The normalized spacial score (nSPS) is 24.0. The fraction of sp³-hybridized carbons (Fsp3) is 0.583. The summed E-state index contributed by atoms with van der Waals surface area (Å²) in [5.74, 6) is 0.722. The summed E-state index contributed by atoms with van der Waals surface area (Å²) in [7, 11) is 0. The molecule has 0 saturated heterocycles. The lowest BCUT2D eigenvalue weighted by atomic mass is 9.86. The summed E-state index contributed by atoms with van der Waals surface area (Å²) < 4.78 is 0. The molecule has 1 aromatic rings. The minimum absolute atomic E-state index is 0.226. The molecule has 2 rings (SSSR count). The Balaban J connectivity index is 1.90. The van der Waals surface area contributed by atoms with Crippen molar-refractivity contribution < 1.29 is 5.11 Å². The van der Waals surface area contributed by atoms with Gasteiger partial charge in [-0.1, -0.05) is 12.8 Å². The summed E-state index contributed by atoms with van der Waals surface area (Å²) in [6, 6.07) is 3.54. The highest BCUT2D eigenvalue weighted by Crippen LogP contribution is 2.24. The van der Waals surface area contributed by atoms with Crippen LogP contribution in [0.4, 0.5) is 5.95 Å². The van der Waals surface area contributed by atoms with Gasteiger partial charge in [-0.25, -0.2) is 9.97 Å². The minimum Gasteiger partial charge on any atom is -0.393 e. The molecule has 1 aliphatic carbocycles. The number of hydrogen-bond donors (Lipinski definition) is 2. The van der Waals surface area contributed by atoms with Gasteiger partial charge in [-0.2, -0.15) is 5.26 Å². The van der Waals surface area contributed by atoms with E-state index < -0.39 is 0 Å². The van der Waals surface area contributed by atoms with Crippen LogP contribution in [0.2, 0.25) is 0 Å². The van der Waals surface area contributed by atoms with Crippen LogP contribution >= 0.6 is 0 Å². The van der Waals surface area contributed by atoms with E-state index in [0.29, 0.717) is 18.2 Å². The van der Waals surface area contributed by atoms with Crippen molar-refractivity contribution in [1.29, 1.82) is 5.26 Å². The minimum atomic E-state index is -0.226. The molecular weight excluding hydrogens is 216 g/mol. The second-order valence-corrected chi connectivity index (χ2v) is 4.37. The highest BCUT2D eigenvalue weighted by molar-refractivity contribution is 5.30. The van der Waals surface area contributed by atoms with Crippen LogP contribution < -0.4 is 5.32 Å². The molecule has 2 N–H and O–H groups in total. The predicted octanol–water partition coefficient (Wildman–Crippen LogP) is 1.31. The second kappa shape index (κ2) is 5.60. The van der Waals surface area contributed by atoms with Crippen molar-refractivity contribution in [2.45, 2.75) is 31.8 Å². The third-order valence-electron chi connectivity index (χ3n) is 3.16. The number of hydrogen-bond acceptors (Lipinski definition) is 5. The largest absolute Gasteiger partial charge is 0.393 e. The van der Waals surface area contributed by atoms with Gasteiger partial charge >= 0.3 is 0 Å². The molecule has 0 bridgehead atoms. The molecule has 2 atom stereocenters. The molecule has 5 nitrogen and oxygen atoms in total. The molecule has 5 heteroatoms. The van der Waals surface area contributed by atoms with E-state index in [-0.39, 0.29) is 12.0 Å². The van der Waals surface area contributed by atoms with Crippen LogP contribution in [0.3, 0.4) is 0 Å². The number of aliphatic hydroxyl groups is 1.